The van der Waals surface area contributed by atoms with Crippen LogP contribution in [0.25, 0.3) is 10.2 Å². The monoisotopic (exact) mass is 262 g/mol. The minimum atomic E-state index is 0.101. The highest BCUT2D eigenvalue weighted by Crippen LogP contribution is 2.34. The second-order valence-corrected chi connectivity index (χ2v) is 6.50. The summed E-state index contributed by atoms with van der Waals surface area (Å²) >= 11 is 1.74. The second kappa shape index (κ2) is 4.17. The van der Waals surface area contributed by atoms with Crippen LogP contribution in [0.15, 0.2) is 6.33 Å². The first-order valence-corrected chi connectivity index (χ1v) is 7.10. The highest BCUT2D eigenvalue weighted by molar-refractivity contribution is 7.18. The van der Waals surface area contributed by atoms with Gasteiger partial charge in [-0.1, -0.05) is 0 Å². The number of rotatable bonds is 2. The molecule has 18 heavy (non-hydrogen) atoms. The molecule has 0 amide bonds. The predicted octanol–water partition coefficient (Wildman–Crippen LogP) is 2.47. The Morgan fingerprint density at radius 2 is 2.22 bits per heavy atom. The summed E-state index contributed by atoms with van der Waals surface area (Å²) in [6.45, 7) is 8.60. The van der Waals surface area contributed by atoms with Gasteiger partial charge in [0, 0.05) is 17.0 Å². The molecule has 0 radical (unpaired) electrons. The highest BCUT2D eigenvalue weighted by Gasteiger charge is 2.29. The van der Waals surface area contributed by atoms with E-state index in [0.29, 0.717) is 0 Å². The largest absolute Gasteiger partial charge is 0.363 e. The van der Waals surface area contributed by atoms with E-state index < -0.39 is 0 Å². The molecule has 0 bridgehead atoms. The standard InChI is InChI=1S/C13H18N4S/c1-8-9(2)18-12-10(8)11(15-7-16-12)17-13(3)4-5-14-6-13/h7,14H,4-6H2,1-3H3,(H,15,16,17). The van der Waals surface area contributed by atoms with Gasteiger partial charge in [0.2, 0.25) is 0 Å². The van der Waals surface area contributed by atoms with E-state index in [1.54, 1.807) is 17.7 Å². The smallest absolute Gasteiger partial charge is 0.138 e. The van der Waals surface area contributed by atoms with Gasteiger partial charge in [-0.3, -0.25) is 0 Å². The molecule has 1 unspecified atom stereocenters. The van der Waals surface area contributed by atoms with Crippen LogP contribution in [0.1, 0.15) is 23.8 Å². The van der Waals surface area contributed by atoms with E-state index in [1.165, 1.54) is 15.8 Å². The lowest BCUT2D eigenvalue weighted by Gasteiger charge is -2.25. The van der Waals surface area contributed by atoms with Crippen molar-refractivity contribution in [3.63, 3.8) is 0 Å². The molecule has 1 aliphatic rings. The average molecular weight is 262 g/mol. The molecule has 0 spiro atoms. The van der Waals surface area contributed by atoms with Crippen LogP contribution in [0.3, 0.4) is 0 Å². The maximum Gasteiger partial charge on any atom is 0.138 e. The summed E-state index contributed by atoms with van der Waals surface area (Å²) in [4.78, 5) is 11.2. The van der Waals surface area contributed by atoms with Crippen molar-refractivity contribution in [3.8, 4) is 0 Å². The zero-order chi connectivity index (χ0) is 12.8. The summed E-state index contributed by atoms with van der Waals surface area (Å²) in [7, 11) is 0. The summed E-state index contributed by atoms with van der Waals surface area (Å²) in [6.07, 6.45) is 2.78. The minimum Gasteiger partial charge on any atom is -0.363 e. The van der Waals surface area contributed by atoms with Crippen molar-refractivity contribution in [2.45, 2.75) is 32.7 Å². The number of aromatic nitrogens is 2. The lowest BCUT2D eigenvalue weighted by Crippen LogP contribution is -2.37. The Labute approximate surface area is 111 Å². The fraction of sp³-hybridized carbons (Fsp3) is 0.538. The zero-order valence-corrected chi connectivity index (χ0v) is 11.8. The summed E-state index contributed by atoms with van der Waals surface area (Å²) in [5.41, 5.74) is 1.40. The lowest BCUT2D eigenvalue weighted by atomic mass is 10.0. The summed E-state index contributed by atoms with van der Waals surface area (Å²) in [5.74, 6) is 0.980. The van der Waals surface area contributed by atoms with Gasteiger partial charge in [0.1, 0.15) is 17.0 Å². The topological polar surface area (TPSA) is 49.8 Å². The van der Waals surface area contributed by atoms with Gasteiger partial charge in [-0.25, -0.2) is 9.97 Å². The highest BCUT2D eigenvalue weighted by atomic mass is 32.1. The van der Waals surface area contributed by atoms with Crippen molar-refractivity contribution in [2.75, 3.05) is 18.4 Å². The van der Waals surface area contributed by atoms with Crippen LogP contribution >= 0.6 is 11.3 Å². The van der Waals surface area contributed by atoms with E-state index in [9.17, 15) is 0 Å². The number of nitrogens with zero attached hydrogens (tertiary/aromatic N) is 2. The van der Waals surface area contributed by atoms with E-state index in [2.05, 4.69) is 41.4 Å². The first-order valence-electron chi connectivity index (χ1n) is 6.29. The fourth-order valence-electron chi connectivity index (χ4n) is 2.49. The van der Waals surface area contributed by atoms with Gasteiger partial charge in [-0.05, 0) is 39.3 Å². The van der Waals surface area contributed by atoms with E-state index in [1.807, 2.05) is 0 Å². The molecule has 0 saturated carbocycles. The molecule has 4 nitrogen and oxygen atoms in total. The van der Waals surface area contributed by atoms with E-state index in [-0.39, 0.29) is 5.54 Å². The van der Waals surface area contributed by atoms with E-state index in [4.69, 9.17) is 0 Å². The molecule has 1 fully saturated rings. The van der Waals surface area contributed by atoms with Crippen LogP contribution in [0.2, 0.25) is 0 Å². The summed E-state index contributed by atoms with van der Waals surface area (Å²) in [5, 5.41) is 8.19. The quantitative estimate of drug-likeness (QED) is 0.873. The predicted molar refractivity (Wildman–Crippen MR) is 76.4 cm³/mol. The third kappa shape index (κ3) is 1.87. The maximum atomic E-state index is 4.45. The van der Waals surface area contributed by atoms with Gasteiger partial charge >= 0.3 is 0 Å². The molecule has 1 saturated heterocycles. The van der Waals surface area contributed by atoms with Crippen LogP contribution in [0, 0.1) is 13.8 Å². The first-order chi connectivity index (χ1) is 8.59. The van der Waals surface area contributed by atoms with Crippen LogP contribution in [0.5, 0.6) is 0 Å². The summed E-state index contributed by atoms with van der Waals surface area (Å²) in [6, 6.07) is 0. The average Bonchev–Trinajstić information content (AvgIpc) is 2.86. The Morgan fingerprint density at radius 1 is 1.39 bits per heavy atom. The number of hydrogen-bond acceptors (Lipinski definition) is 5. The van der Waals surface area contributed by atoms with Crippen molar-refractivity contribution < 1.29 is 0 Å². The van der Waals surface area contributed by atoms with Crippen LogP contribution in [0.4, 0.5) is 5.82 Å². The van der Waals surface area contributed by atoms with Gasteiger partial charge < -0.3 is 10.6 Å². The Morgan fingerprint density at radius 3 is 2.94 bits per heavy atom. The van der Waals surface area contributed by atoms with Crippen LogP contribution < -0.4 is 10.6 Å². The molecule has 3 rings (SSSR count). The number of aryl methyl sites for hydroxylation is 2. The SMILES string of the molecule is Cc1sc2ncnc(NC3(C)CCNC3)c2c1C. The van der Waals surface area contributed by atoms with Gasteiger partial charge in [0.15, 0.2) is 0 Å². The normalized spacial score (nSPS) is 23.7. The molecule has 2 N–H and O–H groups in total. The molecule has 0 aliphatic carbocycles. The number of hydrogen-bond donors (Lipinski definition) is 2. The van der Waals surface area contributed by atoms with Crippen molar-refractivity contribution >= 4 is 27.4 Å². The molecule has 96 valence electrons. The first kappa shape index (κ1) is 11.9. The Kier molecular flexibility index (Phi) is 2.75. The molecule has 2 aromatic heterocycles. The molecular formula is C13H18N4S. The molecule has 2 aromatic rings. The van der Waals surface area contributed by atoms with E-state index >= 15 is 0 Å². The van der Waals surface area contributed by atoms with Gasteiger partial charge in [0.05, 0.1) is 5.39 Å². The maximum absolute atomic E-state index is 4.45. The molecule has 1 atom stereocenters. The zero-order valence-electron chi connectivity index (χ0n) is 11.0. The summed E-state index contributed by atoms with van der Waals surface area (Å²) < 4.78 is 0. The minimum absolute atomic E-state index is 0.101. The number of nitrogens with one attached hydrogen (secondary N) is 2. The molecular weight excluding hydrogens is 244 g/mol. The molecule has 0 aromatic carbocycles. The Balaban J connectivity index is 2.06. The van der Waals surface area contributed by atoms with E-state index in [0.717, 1.165) is 30.2 Å². The van der Waals surface area contributed by atoms with Gasteiger partial charge in [0.25, 0.3) is 0 Å². The van der Waals surface area contributed by atoms with Gasteiger partial charge in [-0.15, -0.1) is 11.3 Å². The lowest BCUT2D eigenvalue weighted by molar-refractivity contribution is 0.565. The Hall–Kier alpha value is -1.20. The van der Waals surface area contributed by atoms with Crippen molar-refractivity contribution in [3.05, 3.63) is 16.8 Å². The van der Waals surface area contributed by atoms with Crippen molar-refractivity contribution in [1.29, 1.82) is 0 Å². The Bertz CT molecular complexity index is 584. The molecule has 1 aliphatic heterocycles. The van der Waals surface area contributed by atoms with Gasteiger partial charge in [-0.2, -0.15) is 0 Å². The van der Waals surface area contributed by atoms with Crippen molar-refractivity contribution in [2.24, 2.45) is 0 Å². The third-order valence-corrected chi connectivity index (χ3v) is 4.87. The molecule has 5 heteroatoms. The number of thiophene rings is 1. The van der Waals surface area contributed by atoms with Crippen LogP contribution in [-0.4, -0.2) is 28.6 Å². The second-order valence-electron chi connectivity index (χ2n) is 5.30. The number of anilines is 1. The van der Waals surface area contributed by atoms with Crippen LogP contribution in [-0.2, 0) is 0 Å². The molecule has 3 heterocycles. The van der Waals surface area contributed by atoms with Crippen molar-refractivity contribution in [1.82, 2.24) is 15.3 Å². The fourth-order valence-corrected chi connectivity index (χ4v) is 3.48. The number of fused-ring (bicyclic) bond motifs is 1. The third-order valence-electron chi connectivity index (χ3n) is 3.75.